The summed E-state index contributed by atoms with van der Waals surface area (Å²) in [6.45, 7) is 8.61. The molecule has 0 bridgehead atoms. The van der Waals surface area contributed by atoms with Crippen molar-refractivity contribution in [2.75, 3.05) is 0 Å². The summed E-state index contributed by atoms with van der Waals surface area (Å²) in [6, 6.07) is 14.5. The van der Waals surface area contributed by atoms with Gasteiger partial charge in [0, 0.05) is 5.39 Å². The van der Waals surface area contributed by atoms with Crippen molar-refractivity contribution in [2.24, 2.45) is 5.92 Å². The van der Waals surface area contributed by atoms with Crippen molar-refractivity contribution in [3.8, 4) is 17.5 Å². The molecule has 0 radical (unpaired) electrons. The molecule has 2 atom stereocenters. The van der Waals surface area contributed by atoms with Crippen molar-refractivity contribution >= 4 is 22.8 Å². The highest BCUT2D eigenvalue weighted by Gasteiger charge is 2.33. The predicted octanol–water partition coefficient (Wildman–Crippen LogP) is 4.40. The summed E-state index contributed by atoms with van der Waals surface area (Å²) in [5.41, 5.74) is 0.315. The second kappa shape index (κ2) is 8.60. The largest absolute Gasteiger partial charge is 0.460 e. The van der Waals surface area contributed by atoms with Crippen molar-refractivity contribution in [1.82, 2.24) is 10.3 Å². The quantitative estimate of drug-likeness (QED) is 0.594. The molecule has 0 aliphatic heterocycles. The molecular formula is C24H25N3O4. The fourth-order valence-corrected chi connectivity index (χ4v) is 2.98. The van der Waals surface area contributed by atoms with E-state index in [-0.39, 0.29) is 11.5 Å². The standard InChI is InChI=1S/C24H25N3O4/c1-14(2)24(5,13-25)27-22(28)16(4)31-23(29)18-12-20(21-11-10-15(3)30-21)26-19-9-7-6-8-17(18)19/h6-12,14,16H,1-5H3,(H,27,28)/t16-,24+/m1/s1. The number of nitriles is 1. The maximum Gasteiger partial charge on any atom is 0.339 e. The van der Waals surface area contributed by atoms with Crippen LogP contribution in [-0.4, -0.2) is 28.5 Å². The lowest BCUT2D eigenvalue weighted by Crippen LogP contribution is -2.52. The second-order valence-corrected chi connectivity index (χ2v) is 7.99. The number of rotatable bonds is 6. The van der Waals surface area contributed by atoms with E-state index in [1.807, 2.05) is 32.9 Å². The van der Waals surface area contributed by atoms with Crippen LogP contribution >= 0.6 is 0 Å². The molecule has 0 fully saturated rings. The molecule has 1 aromatic carbocycles. The number of aryl methyl sites for hydroxylation is 1. The van der Waals surface area contributed by atoms with Gasteiger partial charge in [0.05, 0.1) is 17.1 Å². The number of carbonyl (C=O) groups is 2. The maximum atomic E-state index is 13.0. The molecule has 1 N–H and O–H groups in total. The van der Waals surface area contributed by atoms with E-state index in [1.165, 1.54) is 6.92 Å². The lowest BCUT2D eigenvalue weighted by molar-refractivity contribution is -0.130. The fraction of sp³-hybridized carbons (Fsp3) is 0.333. The van der Waals surface area contributed by atoms with Gasteiger partial charge in [0.2, 0.25) is 0 Å². The average Bonchev–Trinajstić information content (AvgIpc) is 3.18. The number of nitrogens with one attached hydrogen (secondary N) is 1. The fourth-order valence-electron chi connectivity index (χ4n) is 2.98. The Morgan fingerprint density at radius 3 is 2.52 bits per heavy atom. The van der Waals surface area contributed by atoms with Gasteiger partial charge in [-0.3, -0.25) is 4.79 Å². The summed E-state index contributed by atoms with van der Waals surface area (Å²) >= 11 is 0. The highest BCUT2D eigenvalue weighted by atomic mass is 16.5. The number of aromatic nitrogens is 1. The van der Waals surface area contributed by atoms with Crippen LogP contribution in [0.25, 0.3) is 22.4 Å². The molecule has 3 rings (SSSR count). The number of amides is 1. The normalized spacial score (nSPS) is 14.0. The minimum absolute atomic E-state index is 0.118. The third kappa shape index (κ3) is 4.58. The van der Waals surface area contributed by atoms with E-state index in [0.29, 0.717) is 22.4 Å². The number of benzene rings is 1. The van der Waals surface area contributed by atoms with E-state index in [4.69, 9.17) is 9.15 Å². The van der Waals surface area contributed by atoms with Crippen molar-refractivity contribution in [3.63, 3.8) is 0 Å². The van der Waals surface area contributed by atoms with Gasteiger partial charge >= 0.3 is 5.97 Å². The minimum atomic E-state index is -1.08. The molecule has 0 saturated heterocycles. The average molecular weight is 419 g/mol. The zero-order valence-corrected chi connectivity index (χ0v) is 18.2. The number of fused-ring (bicyclic) bond motifs is 1. The van der Waals surface area contributed by atoms with Gasteiger partial charge in [0.25, 0.3) is 5.91 Å². The third-order valence-electron chi connectivity index (χ3n) is 5.35. The zero-order valence-electron chi connectivity index (χ0n) is 18.2. The first-order valence-corrected chi connectivity index (χ1v) is 10.1. The number of hydrogen-bond donors (Lipinski definition) is 1. The van der Waals surface area contributed by atoms with Gasteiger partial charge in [-0.15, -0.1) is 0 Å². The SMILES string of the molecule is Cc1ccc(-c2cc(C(=O)O[C@H](C)C(=O)N[C@@](C)(C#N)C(C)C)c3ccccc3n2)o1. The Morgan fingerprint density at radius 2 is 1.90 bits per heavy atom. The summed E-state index contributed by atoms with van der Waals surface area (Å²) in [5.74, 6) is -0.0528. The Morgan fingerprint density at radius 1 is 1.19 bits per heavy atom. The summed E-state index contributed by atoms with van der Waals surface area (Å²) < 4.78 is 11.1. The molecule has 2 heterocycles. The highest BCUT2D eigenvalue weighted by molar-refractivity contribution is 6.05. The molecule has 1 amide bonds. The van der Waals surface area contributed by atoms with Gasteiger partial charge in [-0.2, -0.15) is 5.26 Å². The molecular weight excluding hydrogens is 394 g/mol. The molecule has 0 unspecified atom stereocenters. The van der Waals surface area contributed by atoms with E-state index in [2.05, 4.69) is 16.4 Å². The zero-order chi connectivity index (χ0) is 22.8. The second-order valence-electron chi connectivity index (χ2n) is 7.99. The lowest BCUT2D eigenvalue weighted by Gasteiger charge is -2.28. The summed E-state index contributed by atoms with van der Waals surface area (Å²) in [6.07, 6.45) is -1.08. The molecule has 0 saturated carbocycles. The van der Waals surface area contributed by atoms with Crippen LogP contribution in [0.2, 0.25) is 0 Å². The first kappa shape index (κ1) is 22.0. The summed E-state index contributed by atoms with van der Waals surface area (Å²) in [4.78, 5) is 30.2. The van der Waals surface area contributed by atoms with Gasteiger partial charge in [0.15, 0.2) is 11.9 Å². The first-order chi connectivity index (χ1) is 14.6. The molecule has 3 aromatic rings. The molecule has 31 heavy (non-hydrogen) atoms. The molecule has 0 spiro atoms. The van der Waals surface area contributed by atoms with E-state index < -0.39 is 23.5 Å². The first-order valence-electron chi connectivity index (χ1n) is 10.1. The van der Waals surface area contributed by atoms with Crippen LogP contribution in [0, 0.1) is 24.2 Å². The van der Waals surface area contributed by atoms with Gasteiger partial charge in [-0.1, -0.05) is 32.0 Å². The van der Waals surface area contributed by atoms with Crippen LogP contribution in [0.3, 0.4) is 0 Å². The number of pyridine rings is 1. The molecule has 0 aliphatic rings. The Labute approximate surface area is 181 Å². The smallest absolute Gasteiger partial charge is 0.339 e. The van der Waals surface area contributed by atoms with E-state index in [0.717, 1.165) is 5.76 Å². The number of esters is 1. The summed E-state index contributed by atoms with van der Waals surface area (Å²) in [7, 11) is 0. The molecule has 2 aromatic heterocycles. The molecule has 160 valence electrons. The van der Waals surface area contributed by atoms with Crippen molar-refractivity contribution < 1.29 is 18.7 Å². The van der Waals surface area contributed by atoms with Crippen LogP contribution < -0.4 is 5.32 Å². The summed E-state index contributed by atoms with van der Waals surface area (Å²) in [5, 5.41) is 12.7. The van der Waals surface area contributed by atoms with Crippen LogP contribution in [0.4, 0.5) is 0 Å². The van der Waals surface area contributed by atoms with E-state index >= 15 is 0 Å². The van der Waals surface area contributed by atoms with Crippen LogP contribution in [0.1, 0.15) is 43.8 Å². The maximum absolute atomic E-state index is 13.0. The molecule has 7 nitrogen and oxygen atoms in total. The van der Waals surface area contributed by atoms with E-state index in [9.17, 15) is 14.9 Å². The Hall–Kier alpha value is -3.66. The monoisotopic (exact) mass is 419 g/mol. The Kier molecular flexibility index (Phi) is 6.11. The number of furan rings is 1. The van der Waals surface area contributed by atoms with Gasteiger partial charge < -0.3 is 14.5 Å². The minimum Gasteiger partial charge on any atom is -0.460 e. The van der Waals surface area contributed by atoms with Gasteiger partial charge in [0.1, 0.15) is 17.0 Å². The Bertz CT molecular complexity index is 1180. The number of carbonyl (C=O) groups excluding carboxylic acids is 2. The number of ether oxygens (including phenoxy) is 1. The van der Waals surface area contributed by atoms with Gasteiger partial charge in [-0.25, -0.2) is 9.78 Å². The van der Waals surface area contributed by atoms with Crippen LogP contribution in [0.15, 0.2) is 46.9 Å². The van der Waals surface area contributed by atoms with Crippen LogP contribution in [0.5, 0.6) is 0 Å². The predicted molar refractivity (Wildman–Crippen MR) is 116 cm³/mol. The van der Waals surface area contributed by atoms with Crippen molar-refractivity contribution in [1.29, 1.82) is 5.26 Å². The topological polar surface area (TPSA) is 105 Å². The number of hydrogen-bond acceptors (Lipinski definition) is 6. The molecule has 0 aliphatic carbocycles. The van der Waals surface area contributed by atoms with Gasteiger partial charge in [-0.05, 0) is 51.0 Å². The van der Waals surface area contributed by atoms with E-state index in [1.54, 1.807) is 37.3 Å². The van der Waals surface area contributed by atoms with Crippen LogP contribution in [-0.2, 0) is 9.53 Å². The third-order valence-corrected chi connectivity index (χ3v) is 5.35. The Balaban J connectivity index is 1.90. The lowest BCUT2D eigenvalue weighted by atomic mass is 9.90. The number of nitrogens with zero attached hydrogens (tertiary/aromatic N) is 2. The van der Waals surface area contributed by atoms with Crippen molar-refractivity contribution in [2.45, 2.75) is 46.3 Å². The number of para-hydroxylation sites is 1. The highest BCUT2D eigenvalue weighted by Crippen LogP contribution is 2.27. The molecule has 7 heteroatoms. The van der Waals surface area contributed by atoms with Crippen molar-refractivity contribution in [3.05, 3.63) is 53.8 Å².